The number of benzene rings is 1. The van der Waals surface area contributed by atoms with Crippen molar-refractivity contribution in [3.05, 3.63) is 52.8 Å². The number of hydrogen-bond acceptors (Lipinski definition) is 3. The van der Waals surface area contributed by atoms with Crippen molar-refractivity contribution in [2.75, 3.05) is 18.4 Å². The summed E-state index contributed by atoms with van der Waals surface area (Å²) in [4.78, 5) is 18.2. The number of nitrogens with zero attached hydrogens (tertiary/aromatic N) is 2. The Morgan fingerprint density at radius 1 is 1.19 bits per heavy atom. The molecule has 1 N–H and O–H groups in total. The minimum Gasteiger partial charge on any atom is -0.354 e. The van der Waals surface area contributed by atoms with Crippen LogP contribution in [0.5, 0.6) is 0 Å². The molecule has 0 saturated heterocycles. The first-order chi connectivity index (χ1) is 10.1. The Bertz CT molecular complexity index is 609. The standard InChI is InChI=1S/C16H18BrN3O/c1-3-20(4-2)16(21)15-9-8-14(11-18-15)19-13-7-5-6-12(17)10-13/h5-11,19H,3-4H2,1-2H3. The highest BCUT2D eigenvalue weighted by atomic mass is 79.9. The number of carbonyl (C=O) groups is 1. The van der Waals surface area contributed by atoms with Gasteiger partial charge in [-0.2, -0.15) is 0 Å². The molecular weight excluding hydrogens is 330 g/mol. The number of nitrogens with one attached hydrogen (secondary N) is 1. The Balaban J connectivity index is 2.10. The third kappa shape index (κ3) is 4.04. The maximum absolute atomic E-state index is 12.2. The lowest BCUT2D eigenvalue weighted by atomic mass is 10.2. The molecule has 0 unspecified atom stereocenters. The molecule has 0 aliphatic carbocycles. The summed E-state index contributed by atoms with van der Waals surface area (Å²) in [6, 6.07) is 11.5. The number of carbonyl (C=O) groups excluding carboxylic acids is 1. The average molecular weight is 348 g/mol. The van der Waals surface area contributed by atoms with E-state index in [2.05, 4.69) is 26.2 Å². The van der Waals surface area contributed by atoms with Crippen LogP contribution in [0.4, 0.5) is 11.4 Å². The van der Waals surface area contributed by atoms with Gasteiger partial charge in [-0.3, -0.25) is 4.79 Å². The second kappa shape index (κ2) is 7.22. The van der Waals surface area contributed by atoms with E-state index in [-0.39, 0.29) is 5.91 Å². The summed E-state index contributed by atoms with van der Waals surface area (Å²) in [5.74, 6) is -0.0333. The normalized spacial score (nSPS) is 10.2. The zero-order chi connectivity index (χ0) is 15.2. The van der Waals surface area contributed by atoms with Crippen LogP contribution in [0, 0.1) is 0 Å². The van der Waals surface area contributed by atoms with E-state index in [0.29, 0.717) is 18.8 Å². The number of hydrogen-bond donors (Lipinski definition) is 1. The van der Waals surface area contributed by atoms with Crippen molar-refractivity contribution >= 4 is 33.2 Å². The summed E-state index contributed by atoms with van der Waals surface area (Å²) in [5.41, 5.74) is 2.29. The molecule has 2 rings (SSSR count). The van der Waals surface area contributed by atoms with Gasteiger partial charge in [-0.25, -0.2) is 4.98 Å². The molecule has 1 aromatic heterocycles. The highest BCUT2D eigenvalue weighted by molar-refractivity contribution is 9.10. The molecule has 21 heavy (non-hydrogen) atoms. The molecule has 5 heteroatoms. The maximum Gasteiger partial charge on any atom is 0.272 e. The molecule has 0 atom stereocenters. The molecule has 110 valence electrons. The summed E-state index contributed by atoms with van der Waals surface area (Å²) in [6.07, 6.45) is 1.68. The Labute approximate surface area is 133 Å². The molecule has 0 saturated carbocycles. The Morgan fingerprint density at radius 3 is 2.52 bits per heavy atom. The molecule has 0 bridgehead atoms. The van der Waals surface area contributed by atoms with Crippen molar-refractivity contribution in [1.29, 1.82) is 0 Å². The molecule has 0 fully saturated rings. The van der Waals surface area contributed by atoms with E-state index in [4.69, 9.17) is 0 Å². The van der Waals surface area contributed by atoms with E-state index in [9.17, 15) is 4.79 Å². The summed E-state index contributed by atoms with van der Waals surface area (Å²) < 4.78 is 1.01. The SMILES string of the molecule is CCN(CC)C(=O)c1ccc(Nc2cccc(Br)c2)cn1. The fraction of sp³-hybridized carbons (Fsp3) is 0.250. The molecule has 0 radical (unpaired) electrons. The summed E-state index contributed by atoms with van der Waals surface area (Å²) in [5, 5.41) is 3.25. The van der Waals surface area contributed by atoms with Crippen molar-refractivity contribution in [2.45, 2.75) is 13.8 Å². The smallest absolute Gasteiger partial charge is 0.272 e. The van der Waals surface area contributed by atoms with E-state index < -0.39 is 0 Å². The highest BCUT2D eigenvalue weighted by Crippen LogP contribution is 2.20. The second-order valence-corrected chi connectivity index (χ2v) is 5.46. The first-order valence-corrected chi connectivity index (χ1v) is 7.71. The van der Waals surface area contributed by atoms with E-state index in [1.807, 2.05) is 44.2 Å². The minimum atomic E-state index is -0.0333. The molecular formula is C16H18BrN3O. The van der Waals surface area contributed by atoms with Crippen LogP contribution in [0.2, 0.25) is 0 Å². The second-order valence-electron chi connectivity index (χ2n) is 4.54. The lowest BCUT2D eigenvalue weighted by molar-refractivity contribution is 0.0767. The van der Waals surface area contributed by atoms with Crippen molar-refractivity contribution in [1.82, 2.24) is 9.88 Å². The predicted molar refractivity (Wildman–Crippen MR) is 88.9 cm³/mol. The van der Waals surface area contributed by atoms with Gasteiger partial charge in [-0.05, 0) is 44.2 Å². The van der Waals surface area contributed by atoms with Crippen molar-refractivity contribution < 1.29 is 4.79 Å². The monoisotopic (exact) mass is 347 g/mol. The summed E-state index contributed by atoms with van der Waals surface area (Å²) in [7, 11) is 0. The largest absolute Gasteiger partial charge is 0.354 e. The summed E-state index contributed by atoms with van der Waals surface area (Å²) >= 11 is 3.43. The van der Waals surface area contributed by atoms with Crippen LogP contribution in [0.25, 0.3) is 0 Å². The van der Waals surface area contributed by atoms with E-state index in [1.165, 1.54) is 0 Å². The van der Waals surface area contributed by atoms with Crippen LogP contribution >= 0.6 is 15.9 Å². The first-order valence-electron chi connectivity index (χ1n) is 6.92. The molecule has 1 heterocycles. The van der Waals surface area contributed by atoms with Crippen molar-refractivity contribution in [2.24, 2.45) is 0 Å². The van der Waals surface area contributed by atoms with E-state index >= 15 is 0 Å². The fourth-order valence-electron chi connectivity index (χ4n) is 2.00. The van der Waals surface area contributed by atoms with Crippen molar-refractivity contribution in [3.8, 4) is 0 Å². The Morgan fingerprint density at radius 2 is 1.95 bits per heavy atom. The van der Waals surface area contributed by atoms with Crippen LogP contribution in [-0.4, -0.2) is 28.9 Å². The van der Waals surface area contributed by atoms with Gasteiger partial charge in [0.15, 0.2) is 0 Å². The Kier molecular flexibility index (Phi) is 5.33. The number of aromatic nitrogens is 1. The number of halogens is 1. The molecule has 0 spiro atoms. The first kappa shape index (κ1) is 15.5. The van der Waals surface area contributed by atoms with Gasteiger partial charge in [0.1, 0.15) is 5.69 Å². The molecule has 1 amide bonds. The van der Waals surface area contributed by atoms with Crippen LogP contribution in [-0.2, 0) is 0 Å². The molecule has 0 aliphatic heterocycles. The summed E-state index contributed by atoms with van der Waals surface area (Å²) in [6.45, 7) is 5.30. The van der Waals surface area contributed by atoms with Crippen LogP contribution in [0.1, 0.15) is 24.3 Å². The topological polar surface area (TPSA) is 45.2 Å². The molecule has 0 aliphatic rings. The van der Waals surface area contributed by atoms with E-state index in [0.717, 1.165) is 15.8 Å². The molecule has 2 aromatic rings. The van der Waals surface area contributed by atoms with Gasteiger partial charge >= 0.3 is 0 Å². The number of anilines is 2. The van der Waals surface area contributed by atoms with Gasteiger partial charge in [0.05, 0.1) is 11.9 Å². The highest BCUT2D eigenvalue weighted by Gasteiger charge is 2.13. The quantitative estimate of drug-likeness (QED) is 0.886. The van der Waals surface area contributed by atoms with Gasteiger partial charge in [0.2, 0.25) is 0 Å². The number of rotatable bonds is 5. The predicted octanol–water partition coefficient (Wildman–Crippen LogP) is 4.07. The maximum atomic E-state index is 12.2. The van der Waals surface area contributed by atoms with E-state index in [1.54, 1.807) is 17.2 Å². The molecule has 1 aromatic carbocycles. The average Bonchev–Trinajstić information content (AvgIpc) is 2.49. The number of pyridine rings is 1. The lowest BCUT2D eigenvalue weighted by Gasteiger charge is -2.18. The Hall–Kier alpha value is -1.88. The van der Waals surface area contributed by atoms with Gasteiger partial charge in [-0.15, -0.1) is 0 Å². The third-order valence-electron chi connectivity index (χ3n) is 3.15. The van der Waals surface area contributed by atoms with Gasteiger partial charge in [0.25, 0.3) is 5.91 Å². The van der Waals surface area contributed by atoms with Gasteiger partial charge < -0.3 is 10.2 Å². The zero-order valence-electron chi connectivity index (χ0n) is 12.1. The van der Waals surface area contributed by atoms with Crippen molar-refractivity contribution in [3.63, 3.8) is 0 Å². The van der Waals surface area contributed by atoms with Gasteiger partial charge in [-0.1, -0.05) is 22.0 Å². The fourth-order valence-corrected chi connectivity index (χ4v) is 2.40. The zero-order valence-corrected chi connectivity index (χ0v) is 13.7. The van der Waals surface area contributed by atoms with Gasteiger partial charge in [0, 0.05) is 23.2 Å². The van der Waals surface area contributed by atoms with Crippen LogP contribution in [0.3, 0.4) is 0 Å². The van der Waals surface area contributed by atoms with Crippen LogP contribution in [0.15, 0.2) is 47.1 Å². The lowest BCUT2D eigenvalue weighted by Crippen LogP contribution is -2.31. The third-order valence-corrected chi connectivity index (χ3v) is 3.64. The minimum absolute atomic E-state index is 0.0333. The molecule has 4 nitrogen and oxygen atoms in total. The number of amides is 1. The van der Waals surface area contributed by atoms with Crippen LogP contribution < -0.4 is 5.32 Å².